The Morgan fingerprint density at radius 2 is 0.909 bits per heavy atom. The minimum absolute atomic E-state index is 0.357. The summed E-state index contributed by atoms with van der Waals surface area (Å²) < 4.78 is 5.49. The molecule has 0 aliphatic heterocycles. The van der Waals surface area contributed by atoms with Crippen molar-refractivity contribution in [3.63, 3.8) is 0 Å². The fraction of sp³-hybridized carbons (Fsp3) is 0.200. The zero-order valence-electron chi connectivity index (χ0n) is 25.8. The number of rotatable bonds is 10. The molecule has 5 rings (SSSR count). The quantitative estimate of drug-likeness (QED) is 0.0915. The average Bonchev–Trinajstić information content (AvgIpc) is 3.05. The van der Waals surface area contributed by atoms with Crippen LogP contribution in [0.5, 0.6) is 0 Å². The Bertz CT molecular complexity index is 1530. The highest BCUT2D eigenvalue weighted by atomic mass is 32.2. The smallest absolute Gasteiger partial charge is 0.335 e. The summed E-state index contributed by atoms with van der Waals surface area (Å²) in [5, 5.41) is 0. The summed E-state index contributed by atoms with van der Waals surface area (Å²) in [6.07, 6.45) is 0. The molecule has 0 N–H and O–H groups in total. The first kappa shape index (κ1) is 31.0. The van der Waals surface area contributed by atoms with E-state index >= 15 is 0 Å². The van der Waals surface area contributed by atoms with Crippen molar-refractivity contribution in [1.82, 2.24) is 0 Å². The maximum atomic E-state index is 14.3. The van der Waals surface area contributed by atoms with E-state index in [0.29, 0.717) is 5.75 Å². The van der Waals surface area contributed by atoms with Crippen LogP contribution >= 0.6 is 11.8 Å². The number of thioether (sulfide) groups is 1. The number of hydrogen-bond donors (Lipinski definition) is 0. The Morgan fingerprint density at radius 3 is 1.25 bits per heavy atom. The Labute approximate surface area is 266 Å². The van der Waals surface area contributed by atoms with Crippen LogP contribution < -0.4 is 0 Å². The average molecular weight is 598 g/mol. The number of nitrogens with zero attached hydrogens (tertiary/aromatic N) is 1. The third-order valence-electron chi connectivity index (χ3n) is 7.40. The summed E-state index contributed by atoms with van der Waals surface area (Å²) in [7, 11) is 0. The third-order valence-corrected chi connectivity index (χ3v) is 9.25. The highest BCUT2D eigenvalue weighted by Crippen LogP contribution is 2.50. The zero-order chi connectivity index (χ0) is 31.0. The second kappa shape index (κ2) is 13.5. The van der Waals surface area contributed by atoms with E-state index in [4.69, 9.17) is 9.73 Å². The maximum absolute atomic E-state index is 14.3. The Hall–Kier alpha value is -4.41. The van der Waals surface area contributed by atoms with Gasteiger partial charge in [-0.15, -0.1) is 11.8 Å². The van der Waals surface area contributed by atoms with Gasteiger partial charge in [0, 0.05) is 16.9 Å². The number of aliphatic imine (C=N–C) groups is 1. The summed E-state index contributed by atoms with van der Waals surface area (Å²) in [6, 6.07) is 51.7. The highest BCUT2D eigenvalue weighted by molar-refractivity contribution is 8.00. The first-order valence-corrected chi connectivity index (χ1v) is 15.9. The molecule has 0 radical (unpaired) electrons. The minimum Gasteiger partial charge on any atom is -0.458 e. The first-order chi connectivity index (χ1) is 21.2. The van der Waals surface area contributed by atoms with Crippen molar-refractivity contribution in [2.24, 2.45) is 4.99 Å². The number of carbonyl (C=O) groups is 1. The molecule has 0 fully saturated rings. The van der Waals surface area contributed by atoms with Gasteiger partial charge in [-0.3, -0.25) is 4.99 Å². The van der Waals surface area contributed by atoms with Crippen molar-refractivity contribution in [2.75, 3.05) is 5.75 Å². The summed E-state index contributed by atoms with van der Waals surface area (Å²) >= 11 is 1.71. The van der Waals surface area contributed by atoms with Gasteiger partial charge in [0.15, 0.2) is 5.54 Å². The molecule has 0 amide bonds. The maximum Gasteiger partial charge on any atom is 0.335 e. The molecular formula is C40H39NO2S. The van der Waals surface area contributed by atoms with Crippen LogP contribution in [0.1, 0.15) is 55.5 Å². The predicted octanol–water partition coefficient (Wildman–Crippen LogP) is 9.35. The van der Waals surface area contributed by atoms with Crippen LogP contribution in [-0.2, 0) is 14.3 Å². The monoisotopic (exact) mass is 597 g/mol. The van der Waals surface area contributed by atoms with Crippen molar-refractivity contribution in [3.05, 3.63) is 179 Å². The van der Waals surface area contributed by atoms with E-state index in [0.717, 1.165) is 33.5 Å². The standard InChI is InChI=1S/C40H39NO2S/c1-38(2,3)43-37(42)39(4,41-36(31-20-10-5-11-21-31)32-22-12-6-13-23-32)30-44-40(33-24-14-7-15-25-33,34-26-16-8-17-27-34)35-28-18-9-19-29-35/h5-29H,30H2,1-4H3. The Morgan fingerprint density at radius 1 is 0.568 bits per heavy atom. The van der Waals surface area contributed by atoms with Crippen LogP contribution in [0, 0.1) is 0 Å². The van der Waals surface area contributed by atoms with E-state index in [2.05, 4.69) is 72.8 Å². The molecule has 0 spiro atoms. The van der Waals surface area contributed by atoms with Crippen LogP contribution in [0.15, 0.2) is 157 Å². The number of benzene rings is 5. The number of esters is 1. The van der Waals surface area contributed by atoms with Gasteiger partial charge in [0.2, 0.25) is 0 Å². The van der Waals surface area contributed by atoms with Gasteiger partial charge in [-0.25, -0.2) is 4.79 Å². The molecule has 0 saturated heterocycles. The van der Waals surface area contributed by atoms with Crippen LogP contribution in [0.25, 0.3) is 0 Å². The van der Waals surface area contributed by atoms with Crippen LogP contribution in [0.2, 0.25) is 0 Å². The molecule has 0 bridgehead atoms. The molecule has 44 heavy (non-hydrogen) atoms. The molecule has 1 atom stereocenters. The fourth-order valence-corrected chi connectivity index (χ4v) is 6.87. The van der Waals surface area contributed by atoms with Gasteiger partial charge < -0.3 is 4.74 Å². The lowest BCUT2D eigenvalue weighted by Crippen LogP contribution is -2.44. The van der Waals surface area contributed by atoms with E-state index < -0.39 is 15.9 Å². The van der Waals surface area contributed by atoms with Crippen molar-refractivity contribution in [2.45, 2.75) is 43.6 Å². The van der Waals surface area contributed by atoms with Gasteiger partial charge in [-0.2, -0.15) is 0 Å². The fourth-order valence-electron chi connectivity index (χ4n) is 5.28. The molecule has 5 aromatic rings. The minimum atomic E-state index is -1.22. The molecule has 1 unspecified atom stereocenters. The van der Waals surface area contributed by atoms with Crippen molar-refractivity contribution >= 4 is 23.4 Å². The van der Waals surface area contributed by atoms with E-state index in [1.807, 2.05) is 107 Å². The van der Waals surface area contributed by atoms with Gasteiger partial charge in [0.1, 0.15) is 5.60 Å². The lowest BCUT2D eigenvalue weighted by atomic mass is 9.84. The number of ether oxygens (including phenoxy) is 1. The van der Waals surface area contributed by atoms with Gasteiger partial charge in [0.05, 0.1) is 10.5 Å². The molecule has 3 nitrogen and oxygen atoms in total. The van der Waals surface area contributed by atoms with Gasteiger partial charge >= 0.3 is 5.97 Å². The van der Waals surface area contributed by atoms with Gasteiger partial charge in [0.25, 0.3) is 0 Å². The van der Waals surface area contributed by atoms with Crippen LogP contribution in [0.3, 0.4) is 0 Å². The normalized spacial score (nSPS) is 13.0. The number of carbonyl (C=O) groups excluding carboxylic acids is 1. The SMILES string of the molecule is CC(C)(C)OC(=O)C(C)(CSC(c1ccccc1)(c1ccccc1)c1ccccc1)N=C(c1ccccc1)c1ccccc1. The number of hydrogen-bond acceptors (Lipinski definition) is 4. The molecule has 222 valence electrons. The van der Waals surface area contributed by atoms with Crippen molar-refractivity contribution < 1.29 is 9.53 Å². The van der Waals surface area contributed by atoms with Crippen molar-refractivity contribution in [3.8, 4) is 0 Å². The molecule has 0 aliphatic rings. The highest BCUT2D eigenvalue weighted by Gasteiger charge is 2.44. The van der Waals surface area contributed by atoms with Gasteiger partial charge in [-0.1, -0.05) is 152 Å². The van der Waals surface area contributed by atoms with Crippen molar-refractivity contribution in [1.29, 1.82) is 0 Å². The molecular weight excluding hydrogens is 559 g/mol. The molecule has 0 saturated carbocycles. The van der Waals surface area contributed by atoms with E-state index in [1.54, 1.807) is 11.8 Å². The van der Waals surface area contributed by atoms with Crippen LogP contribution in [0.4, 0.5) is 0 Å². The van der Waals surface area contributed by atoms with E-state index in [-0.39, 0.29) is 5.97 Å². The second-order valence-corrected chi connectivity index (χ2v) is 13.2. The Kier molecular flexibility index (Phi) is 9.51. The van der Waals surface area contributed by atoms with E-state index in [9.17, 15) is 4.79 Å². The van der Waals surface area contributed by atoms with Gasteiger partial charge in [-0.05, 0) is 44.4 Å². The summed E-state index contributed by atoms with van der Waals surface area (Å²) in [6.45, 7) is 7.62. The molecule has 0 heterocycles. The van der Waals surface area contributed by atoms with E-state index in [1.165, 1.54) is 0 Å². The summed E-state index contributed by atoms with van der Waals surface area (Å²) in [5.41, 5.74) is 4.14. The molecule has 5 aromatic carbocycles. The molecule has 4 heteroatoms. The lowest BCUT2D eigenvalue weighted by molar-refractivity contribution is -0.159. The summed E-state index contributed by atoms with van der Waals surface area (Å²) in [4.78, 5) is 19.6. The summed E-state index contributed by atoms with van der Waals surface area (Å²) in [5.74, 6) is 0.00831. The topological polar surface area (TPSA) is 38.7 Å². The molecule has 0 aromatic heterocycles. The van der Waals surface area contributed by atoms with Crippen LogP contribution in [-0.4, -0.2) is 28.6 Å². The first-order valence-electron chi connectivity index (χ1n) is 15.0. The largest absolute Gasteiger partial charge is 0.458 e. The second-order valence-electron chi connectivity index (χ2n) is 12.0. The lowest BCUT2D eigenvalue weighted by Gasteiger charge is -2.38. The predicted molar refractivity (Wildman–Crippen MR) is 184 cm³/mol. The third kappa shape index (κ3) is 7.03. The molecule has 0 aliphatic carbocycles. The zero-order valence-corrected chi connectivity index (χ0v) is 26.6. The Balaban J connectivity index is 1.71.